The van der Waals surface area contributed by atoms with E-state index in [4.69, 9.17) is 5.73 Å². The molecule has 0 heterocycles. The number of nitrogens with zero attached hydrogens (tertiary/aromatic N) is 2. The lowest BCUT2D eigenvalue weighted by Gasteiger charge is -1.86. The van der Waals surface area contributed by atoms with E-state index in [0.29, 0.717) is 0 Å². The molecule has 0 saturated heterocycles. The number of primary amides is 1. The number of amides is 1. The van der Waals surface area contributed by atoms with Gasteiger partial charge >= 0.3 is 0 Å². The maximum absolute atomic E-state index is 10.3. The summed E-state index contributed by atoms with van der Waals surface area (Å²) < 4.78 is 0. The van der Waals surface area contributed by atoms with E-state index in [1.807, 2.05) is 0 Å². The molecule has 0 bridgehead atoms. The Morgan fingerprint density at radius 3 is 2.60 bits per heavy atom. The molecular weight excluding hydrogens is 130 g/mol. The van der Waals surface area contributed by atoms with Gasteiger partial charge in [0.1, 0.15) is 5.71 Å². The van der Waals surface area contributed by atoms with Crippen molar-refractivity contribution in [3.63, 3.8) is 0 Å². The van der Waals surface area contributed by atoms with Crippen molar-refractivity contribution in [2.45, 2.75) is 6.92 Å². The van der Waals surface area contributed by atoms with Crippen molar-refractivity contribution >= 4 is 18.3 Å². The van der Waals surface area contributed by atoms with Crippen LogP contribution in [0.1, 0.15) is 6.92 Å². The quantitative estimate of drug-likeness (QED) is 0.554. The highest BCUT2D eigenvalue weighted by Crippen LogP contribution is 1.79. The van der Waals surface area contributed by atoms with E-state index >= 15 is 0 Å². The molecule has 0 atom stereocenters. The van der Waals surface area contributed by atoms with Crippen molar-refractivity contribution < 1.29 is 4.79 Å². The molecule has 54 valence electrons. The first-order valence-electron chi connectivity index (χ1n) is 2.63. The van der Waals surface area contributed by atoms with Crippen molar-refractivity contribution in [3.05, 3.63) is 12.4 Å². The number of nitrogens with two attached hydrogens (primary N) is 1. The Labute approximate surface area is 59.2 Å². The molecule has 1 amide bonds. The molecule has 0 aromatic rings. The molecule has 0 unspecified atom stereocenters. The minimum atomic E-state index is -0.534. The van der Waals surface area contributed by atoms with Crippen LogP contribution in [0.5, 0.6) is 0 Å². The summed E-state index contributed by atoms with van der Waals surface area (Å²) >= 11 is 0. The van der Waals surface area contributed by atoms with Crippen molar-refractivity contribution in [1.82, 2.24) is 0 Å². The highest BCUT2D eigenvalue weighted by Gasteiger charge is 1.94. The van der Waals surface area contributed by atoms with E-state index in [-0.39, 0.29) is 5.71 Å². The van der Waals surface area contributed by atoms with E-state index in [1.165, 1.54) is 19.3 Å². The van der Waals surface area contributed by atoms with Crippen LogP contribution >= 0.6 is 0 Å². The maximum atomic E-state index is 10.3. The van der Waals surface area contributed by atoms with Gasteiger partial charge < -0.3 is 5.73 Å². The molecule has 4 nitrogen and oxygen atoms in total. The Bertz CT molecular complexity index is 193. The third-order valence-corrected chi connectivity index (χ3v) is 0.797. The second-order valence-corrected chi connectivity index (χ2v) is 1.56. The van der Waals surface area contributed by atoms with Crippen LogP contribution in [-0.4, -0.2) is 18.3 Å². The highest BCUT2D eigenvalue weighted by molar-refractivity contribution is 6.37. The molecule has 4 heteroatoms. The van der Waals surface area contributed by atoms with Gasteiger partial charge in [0.05, 0.1) is 0 Å². The molecule has 0 saturated carbocycles. The molecule has 0 aromatic heterocycles. The lowest BCUT2D eigenvalue weighted by molar-refractivity contribution is -0.112. The van der Waals surface area contributed by atoms with E-state index in [2.05, 4.69) is 16.7 Å². The highest BCUT2D eigenvalue weighted by atomic mass is 16.1. The van der Waals surface area contributed by atoms with Crippen LogP contribution in [0.4, 0.5) is 0 Å². The van der Waals surface area contributed by atoms with E-state index in [0.717, 1.165) is 0 Å². The van der Waals surface area contributed by atoms with E-state index in [1.54, 1.807) is 0 Å². The second-order valence-electron chi connectivity index (χ2n) is 1.56. The van der Waals surface area contributed by atoms with Gasteiger partial charge in [-0.05, 0) is 13.6 Å². The summed E-state index contributed by atoms with van der Waals surface area (Å²) in [5.41, 5.74) is 5.12. The normalized spacial score (nSPS) is 11.9. The predicted octanol–water partition coefficient (Wildman–Crippen LogP) is 0.104. The van der Waals surface area contributed by atoms with Crippen LogP contribution in [0, 0.1) is 0 Å². The number of carbonyl (C=O) groups excluding carboxylic acids is 1. The molecule has 0 aliphatic rings. The third-order valence-electron chi connectivity index (χ3n) is 0.797. The topological polar surface area (TPSA) is 67.8 Å². The Kier molecular flexibility index (Phi) is 3.79. The monoisotopic (exact) mass is 139 g/mol. The van der Waals surface area contributed by atoms with Crippen LogP contribution in [0.15, 0.2) is 22.4 Å². The largest absolute Gasteiger partial charge is 0.365 e. The van der Waals surface area contributed by atoms with Crippen molar-refractivity contribution in [3.8, 4) is 0 Å². The average Bonchev–Trinajstić information content (AvgIpc) is 1.88. The van der Waals surface area contributed by atoms with Gasteiger partial charge in [0.25, 0.3) is 5.91 Å². The standard InChI is InChI=1S/C6H9N3O/c1-5(6(7)10)9-4-3-8-2/h3-4H,2H2,1H3,(H2,7,10)/b4-3-,9-5?. The fourth-order valence-corrected chi connectivity index (χ4v) is 0.256. The number of carbonyl (C=O) groups is 1. The van der Waals surface area contributed by atoms with Gasteiger partial charge in [0.15, 0.2) is 0 Å². The van der Waals surface area contributed by atoms with Gasteiger partial charge in [-0.25, -0.2) is 0 Å². The van der Waals surface area contributed by atoms with Crippen LogP contribution in [0.2, 0.25) is 0 Å². The zero-order chi connectivity index (χ0) is 7.98. The zero-order valence-corrected chi connectivity index (χ0v) is 5.74. The lowest BCUT2D eigenvalue weighted by atomic mass is 10.4. The molecule has 0 fully saturated rings. The van der Waals surface area contributed by atoms with Gasteiger partial charge in [-0.2, -0.15) is 0 Å². The van der Waals surface area contributed by atoms with Crippen LogP contribution in [-0.2, 0) is 4.79 Å². The summed E-state index contributed by atoms with van der Waals surface area (Å²) in [6, 6.07) is 0. The molecule has 0 radical (unpaired) electrons. The molecule has 2 N–H and O–H groups in total. The summed E-state index contributed by atoms with van der Waals surface area (Å²) in [6.07, 6.45) is 2.72. The Hall–Kier alpha value is -1.45. The summed E-state index contributed by atoms with van der Waals surface area (Å²) in [4.78, 5) is 17.3. The first-order chi connectivity index (χ1) is 4.68. The fraction of sp³-hybridized carbons (Fsp3) is 0.167. The number of hydrogen-bond donors (Lipinski definition) is 1. The molecule has 0 aliphatic carbocycles. The SMILES string of the molecule is C=N/C=C\N=C(C)C(N)=O. The van der Waals surface area contributed by atoms with Crippen molar-refractivity contribution in [2.75, 3.05) is 0 Å². The van der Waals surface area contributed by atoms with Gasteiger partial charge in [-0.3, -0.25) is 14.8 Å². The van der Waals surface area contributed by atoms with E-state index in [9.17, 15) is 4.79 Å². The van der Waals surface area contributed by atoms with Gasteiger partial charge in [-0.15, -0.1) is 0 Å². The fourth-order valence-electron chi connectivity index (χ4n) is 0.256. The van der Waals surface area contributed by atoms with E-state index < -0.39 is 5.91 Å². The lowest BCUT2D eigenvalue weighted by Crippen LogP contribution is -2.19. The first kappa shape index (κ1) is 8.55. The zero-order valence-electron chi connectivity index (χ0n) is 5.74. The summed E-state index contributed by atoms with van der Waals surface area (Å²) in [6.45, 7) is 4.70. The third kappa shape index (κ3) is 3.54. The number of rotatable bonds is 3. The number of hydrogen-bond acceptors (Lipinski definition) is 3. The Morgan fingerprint density at radius 1 is 1.60 bits per heavy atom. The first-order valence-corrected chi connectivity index (χ1v) is 2.63. The van der Waals surface area contributed by atoms with Crippen LogP contribution < -0.4 is 5.73 Å². The maximum Gasteiger partial charge on any atom is 0.262 e. The smallest absolute Gasteiger partial charge is 0.262 e. The summed E-state index contributed by atoms with van der Waals surface area (Å²) in [5.74, 6) is -0.534. The Balaban J connectivity index is 4.04. The van der Waals surface area contributed by atoms with Gasteiger partial charge in [-0.1, -0.05) is 0 Å². The minimum Gasteiger partial charge on any atom is -0.365 e. The second kappa shape index (κ2) is 4.43. The molecule has 0 spiro atoms. The Morgan fingerprint density at radius 2 is 2.20 bits per heavy atom. The van der Waals surface area contributed by atoms with Gasteiger partial charge in [0, 0.05) is 12.4 Å². The van der Waals surface area contributed by atoms with Crippen molar-refractivity contribution in [2.24, 2.45) is 15.7 Å². The van der Waals surface area contributed by atoms with Crippen molar-refractivity contribution in [1.29, 1.82) is 0 Å². The average molecular weight is 139 g/mol. The van der Waals surface area contributed by atoms with Crippen LogP contribution in [0.3, 0.4) is 0 Å². The molecule has 0 aromatic carbocycles. The predicted molar refractivity (Wildman–Crippen MR) is 41.0 cm³/mol. The molecule has 0 aliphatic heterocycles. The minimum absolute atomic E-state index is 0.250. The van der Waals surface area contributed by atoms with Gasteiger partial charge in [0.2, 0.25) is 0 Å². The number of aliphatic imine (C=N–C) groups is 2. The molecular formula is C6H9N3O. The summed E-state index contributed by atoms with van der Waals surface area (Å²) in [7, 11) is 0. The molecule has 10 heavy (non-hydrogen) atoms. The van der Waals surface area contributed by atoms with Crippen LogP contribution in [0.25, 0.3) is 0 Å². The summed E-state index contributed by atoms with van der Waals surface area (Å²) in [5, 5.41) is 0. The molecule has 0 rings (SSSR count).